The van der Waals surface area contributed by atoms with Gasteiger partial charge in [-0.1, -0.05) is 0 Å². The molecule has 0 aliphatic carbocycles. The summed E-state index contributed by atoms with van der Waals surface area (Å²) >= 11 is 0. The number of fused-ring (bicyclic) bond motifs is 4. The average molecular weight is 791 g/mol. The Morgan fingerprint density at radius 1 is 0.508 bits per heavy atom. The van der Waals surface area contributed by atoms with Crippen LogP contribution in [0.2, 0.25) is 0 Å². The third kappa shape index (κ3) is 7.67. The monoisotopic (exact) mass is 790 g/mol. The summed E-state index contributed by atoms with van der Waals surface area (Å²) in [4.78, 5) is 67.5. The molecule has 4 aromatic heterocycles. The van der Waals surface area contributed by atoms with E-state index in [1.54, 1.807) is 0 Å². The summed E-state index contributed by atoms with van der Waals surface area (Å²) < 4.78 is 0. The molecule has 0 radical (unpaired) electrons. The predicted octanol–water partition coefficient (Wildman–Crippen LogP) is 4.35. The number of amides is 2. The summed E-state index contributed by atoms with van der Waals surface area (Å²) in [5, 5.41) is 5.61. The van der Waals surface area contributed by atoms with Crippen molar-refractivity contribution in [2.75, 3.05) is 76.3 Å². The Kier molecular flexibility index (Phi) is 9.41. The number of benzene rings is 4. The largest absolute Gasteiger partial charge is 0.369 e. The summed E-state index contributed by atoms with van der Waals surface area (Å²) in [6.45, 7) is 8.54. The molecule has 0 bridgehead atoms. The molecule has 16 nitrogen and oxygen atoms in total. The van der Waals surface area contributed by atoms with Crippen LogP contribution in [0.15, 0.2) is 72.8 Å². The highest BCUT2D eigenvalue weighted by Gasteiger charge is 2.18. The first-order chi connectivity index (χ1) is 28.8. The maximum absolute atomic E-state index is 12.7. The zero-order valence-corrected chi connectivity index (χ0v) is 33.1. The Labute approximate surface area is 339 Å². The van der Waals surface area contributed by atoms with Crippen molar-refractivity contribution in [2.24, 2.45) is 0 Å². The zero-order chi connectivity index (χ0) is 40.0. The molecule has 6 N–H and O–H groups in total. The van der Waals surface area contributed by atoms with Crippen LogP contribution in [-0.2, 0) is 22.7 Å². The van der Waals surface area contributed by atoms with E-state index in [0.717, 1.165) is 119 Å². The fraction of sp³-hybridized carbons (Fsp3) is 0.302. The minimum atomic E-state index is -0.405. The van der Waals surface area contributed by atoms with E-state index in [2.05, 4.69) is 111 Å². The fourth-order valence-corrected chi connectivity index (χ4v) is 8.01. The molecule has 0 spiro atoms. The van der Waals surface area contributed by atoms with Gasteiger partial charge in [0.25, 0.3) is 0 Å². The number of anilines is 2. The smallest absolute Gasteiger partial charge is 0.229 e. The van der Waals surface area contributed by atoms with E-state index < -0.39 is 11.8 Å². The van der Waals surface area contributed by atoms with Gasteiger partial charge in [-0.25, -0.2) is 19.9 Å². The van der Waals surface area contributed by atoms with Crippen molar-refractivity contribution in [3.05, 3.63) is 84.4 Å². The lowest BCUT2D eigenvalue weighted by Gasteiger charge is -2.34. The van der Waals surface area contributed by atoms with Crippen LogP contribution in [0, 0.1) is 0 Å². The number of rotatable bonds is 10. The van der Waals surface area contributed by atoms with Gasteiger partial charge in [0.1, 0.15) is 29.7 Å². The summed E-state index contributed by atoms with van der Waals surface area (Å²) in [7, 11) is 4.32. The molecule has 2 saturated heterocycles. The summed E-state index contributed by atoms with van der Waals surface area (Å²) in [6.07, 6.45) is -0.320. The lowest BCUT2D eigenvalue weighted by atomic mass is 10.2. The molecule has 2 fully saturated rings. The number of H-pyrrole nitrogens is 4. The summed E-state index contributed by atoms with van der Waals surface area (Å²) in [5.74, 6) is 1.92. The molecular formula is C43H46N14O2. The van der Waals surface area contributed by atoms with Gasteiger partial charge in [0.15, 0.2) is 0 Å². The molecule has 300 valence electrons. The van der Waals surface area contributed by atoms with E-state index in [1.807, 2.05) is 36.4 Å². The standard InChI is InChI=1S/C43H46N14O2/c1-54-11-15-56(16-12-54)28-5-9-32-36(21-28)52-42(50-32)26-3-7-30-34(19-26)48-38(46-30)24-44-40(58)23-41(59)45-25-39-47-31-8-4-27(20-35(31)49-39)43-51-33-10-6-29(22-37(33)53-43)57-17-13-55(2)14-18-57/h3-10,19-22H,11-18,23-25H2,1-2H3,(H,44,58)(H,45,59)(H,46,48)(H,47,49)(H,50,52)(H,51,53). The lowest BCUT2D eigenvalue weighted by Crippen LogP contribution is -2.44. The average Bonchev–Trinajstić information content (AvgIpc) is 4.06. The van der Waals surface area contributed by atoms with Gasteiger partial charge in [-0.05, 0) is 86.9 Å². The number of piperazine rings is 2. The molecule has 2 aliphatic rings. The molecule has 10 rings (SSSR count). The first kappa shape index (κ1) is 36.6. The third-order valence-corrected chi connectivity index (χ3v) is 11.5. The number of aromatic nitrogens is 8. The van der Waals surface area contributed by atoms with Crippen molar-refractivity contribution in [3.63, 3.8) is 0 Å². The molecule has 0 atom stereocenters. The van der Waals surface area contributed by atoms with Crippen molar-refractivity contribution in [3.8, 4) is 22.8 Å². The highest BCUT2D eigenvalue weighted by Crippen LogP contribution is 2.29. The molecule has 0 unspecified atom stereocenters. The molecule has 8 aromatic rings. The maximum atomic E-state index is 12.7. The number of carbonyl (C=O) groups excluding carboxylic acids is 2. The lowest BCUT2D eigenvalue weighted by molar-refractivity contribution is -0.129. The minimum Gasteiger partial charge on any atom is -0.369 e. The second-order valence-corrected chi connectivity index (χ2v) is 15.7. The molecular weight excluding hydrogens is 745 g/mol. The molecule has 16 heteroatoms. The minimum absolute atomic E-state index is 0.157. The van der Waals surface area contributed by atoms with Crippen LogP contribution in [0.4, 0.5) is 11.4 Å². The normalized spacial score (nSPS) is 15.6. The van der Waals surface area contributed by atoms with Crippen LogP contribution in [0.3, 0.4) is 0 Å². The van der Waals surface area contributed by atoms with Crippen LogP contribution in [0.25, 0.3) is 66.9 Å². The van der Waals surface area contributed by atoms with Crippen molar-refractivity contribution in [2.45, 2.75) is 19.5 Å². The van der Waals surface area contributed by atoms with Crippen molar-refractivity contribution in [1.82, 2.24) is 60.3 Å². The molecule has 2 amide bonds. The Balaban J connectivity index is 0.724. The quantitative estimate of drug-likeness (QED) is 0.109. The second-order valence-electron chi connectivity index (χ2n) is 15.7. The highest BCUT2D eigenvalue weighted by atomic mass is 16.2. The Morgan fingerprint density at radius 2 is 0.898 bits per heavy atom. The maximum Gasteiger partial charge on any atom is 0.229 e. The van der Waals surface area contributed by atoms with Crippen molar-refractivity contribution < 1.29 is 9.59 Å². The van der Waals surface area contributed by atoms with E-state index in [9.17, 15) is 9.59 Å². The molecule has 59 heavy (non-hydrogen) atoms. The first-order valence-corrected chi connectivity index (χ1v) is 20.1. The van der Waals surface area contributed by atoms with Crippen LogP contribution in [-0.4, -0.2) is 128 Å². The van der Waals surface area contributed by atoms with E-state index in [1.165, 1.54) is 11.4 Å². The van der Waals surface area contributed by atoms with Gasteiger partial charge in [-0.3, -0.25) is 9.59 Å². The van der Waals surface area contributed by atoms with Gasteiger partial charge in [-0.2, -0.15) is 0 Å². The third-order valence-electron chi connectivity index (χ3n) is 11.5. The van der Waals surface area contributed by atoms with Gasteiger partial charge in [-0.15, -0.1) is 0 Å². The zero-order valence-electron chi connectivity index (χ0n) is 33.1. The number of hydrogen-bond acceptors (Lipinski definition) is 10. The van der Waals surface area contributed by atoms with Gasteiger partial charge >= 0.3 is 0 Å². The summed E-state index contributed by atoms with van der Waals surface area (Å²) in [6, 6.07) is 24.6. The number of nitrogens with one attached hydrogen (secondary N) is 6. The number of nitrogens with zero attached hydrogens (tertiary/aromatic N) is 8. The Morgan fingerprint density at radius 3 is 1.34 bits per heavy atom. The topological polar surface area (TPSA) is 186 Å². The van der Waals surface area contributed by atoms with Gasteiger partial charge in [0, 0.05) is 74.9 Å². The second kappa shape index (κ2) is 15.2. The molecule has 6 heterocycles. The number of aromatic amines is 4. The molecule has 4 aromatic carbocycles. The first-order valence-electron chi connectivity index (χ1n) is 20.1. The van der Waals surface area contributed by atoms with E-state index in [0.29, 0.717) is 11.6 Å². The van der Waals surface area contributed by atoms with Crippen molar-refractivity contribution >= 4 is 67.3 Å². The van der Waals surface area contributed by atoms with Gasteiger partial charge in [0.2, 0.25) is 11.8 Å². The van der Waals surface area contributed by atoms with Crippen LogP contribution >= 0.6 is 0 Å². The van der Waals surface area contributed by atoms with Gasteiger partial charge in [0.05, 0.1) is 57.2 Å². The van der Waals surface area contributed by atoms with Crippen LogP contribution in [0.1, 0.15) is 18.1 Å². The number of imidazole rings is 4. The molecule has 2 aliphatic heterocycles. The van der Waals surface area contributed by atoms with Crippen LogP contribution < -0.4 is 20.4 Å². The Hall–Kier alpha value is -6.78. The van der Waals surface area contributed by atoms with E-state index in [-0.39, 0.29) is 19.5 Å². The van der Waals surface area contributed by atoms with Gasteiger partial charge < -0.3 is 50.2 Å². The van der Waals surface area contributed by atoms with Crippen molar-refractivity contribution in [1.29, 1.82) is 0 Å². The number of carbonyl (C=O) groups is 2. The van der Waals surface area contributed by atoms with E-state index >= 15 is 0 Å². The molecule has 0 saturated carbocycles. The number of hydrogen-bond donors (Lipinski definition) is 6. The van der Waals surface area contributed by atoms with E-state index in [4.69, 9.17) is 9.97 Å². The SMILES string of the molecule is CN1CCN(c2ccc3nc(-c4ccc5nc(CNC(=O)CC(=O)NCc6nc7ccc(-c8nc9ccc(N%10CCN(C)CC%10)cc9[nH]8)cc7[nH]6)[nH]c5c4)[nH]c3c2)CC1. The van der Waals surface area contributed by atoms with Crippen LogP contribution in [0.5, 0.6) is 0 Å². The summed E-state index contributed by atoms with van der Waals surface area (Å²) in [5.41, 5.74) is 11.3. The Bertz CT molecular complexity index is 2640. The predicted molar refractivity (Wildman–Crippen MR) is 230 cm³/mol. The fourth-order valence-electron chi connectivity index (χ4n) is 8.01. The highest BCUT2D eigenvalue weighted by molar-refractivity contribution is 5.97. The number of likely N-dealkylation sites (N-methyl/N-ethyl adjacent to an activating group) is 2.